The van der Waals surface area contributed by atoms with Crippen LogP contribution >= 0.6 is 0 Å². The lowest BCUT2D eigenvalue weighted by Gasteiger charge is -2.29. The second kappa shape index (κ2) is 8.60. The zero-order valence-corrected chi connectivity index (χ0v) is 17.9. The summed E-state index contributed by atoms with van der Waals surface area (Å²) < 4.78 is 26.0. The maximum Gasteiger partial charge on any atom is 0.271 e. The molecule has 0 saturated heterocycles. The fraction of sp³-hybridized carbons (Fsp3) is 0.350. The molecule has 0 saturated carbocycles. The summed E-state index contributed by atoms with van der Waals surface area (Å²) in [6.07, 6.45) is 1.67. The van der Waals surface area contributed by atoms with Gasteiger partial charge in [-0.05, 0) is 43.9 Å². The minimum atomic E-state index is -3.90. The molecule has 29 heavy (non-hydrogen) atoms. The number of amides is 1. The van der Waals surface area contributed by atoms with Crippen molar-refractivity contribution in [1.29, 1.82) is 0 Å². The van der Waals surface area contributed by atoms with Crippen molar-refractivity contribution >= 4 is 33.0 Å². The Bertz CT molecular complexity index is 1050. The van der Waals surface area contributed by atoms with Gasteiger partial charge in [0.1, 0.15) is 6.04 Å². The van der Waals surface area contributed by atoms with Gasteiger partial charge < -0.3 is 5.32 Å². The van der Waals surface area contributed by atoms with E-state index in [1.807, 2.05) is 32.0 Å². The zero-order valence-electron chi connectivity index (χ0n) is 17.1. The first-order chi connectivity index (χ1) is 13.5. The van der Waals surface area contributed by atoms with Crippen molar-refractivity contribution in [3.8, 4) is 0 Å². The van der Waals surface area contributed by atoms with Gasteiger partial charge in [-0.2, -0.15) is 0 Å². The standard InChI is InChI=1S/C20H25N3O5S/c1-6-16-9-7-8-14(3)19(16)21-20(24)15(4)22(29(5,27)28)18-12-17(23(25)26)11-10-13(18)2/h7-12,15H,6H2,1-5H3,(H,21,24)/t15-/m1/s1. The van der Waals surface area contributed by atoms with E-state index in [9.17, 15) is 23.3 Å². The smallest absolute Gasteiger partial charge is 0.271 e. The van der Waals surface area contributed by atoms with Gasteiger partial charge >= 0.3 is 0 Å². The number of hydrogen-bond donors (Lipinski definition) is 1. The summed E-state index contributed by atoms with van der Waals surface area (Å²) in [6, 6.07) is 8.46. The Morgan fingerprint density at radius 1 is 1.21 bits per heavy atom. The molecule has 0 spiro atoms. The molecule has 0 bridgehead atoms. The number of benzene rings is 2. The molecular weight excluding hydrogens is 394 g/mol. The lowest BCUT2D eigenvalue weighted by atomic mass is 10.1. The van der Waals surface area contributed by atoms with Crippen LogP contribution in [-0.2, 0) is 21.2 Å². The molecule has 0 unspecified atom stereocenters. The monoisotopic (exact) mass is 419 g/mol. The van der Waals surface area contributed by atoms with Gasteiger partial charge in [0.25, 0.3) is 5.69 Å². The molecule has 0 fully saturated rings. The Balaban J connectivity index is 2.49. The number of nitro groups is 1. The Morgan fingerprint density at radius 2 is 1.86 bits per heavy atom. The summed E-state index contributed by atoms with van der Waals surface area (Å²) in [5.41, 5.74) is 2.80. The molecule has 1 atom stereocenters. The summed E-state index contributed by atoms with van der Waals surface area (Å²) in [5, 5.41) is 14.0. The number of para-hydroxylation sites is 1. The number of carbonyl (C=O) groups excluding carboxylic acids is 1. The Labute approximate surface area is 170 Å². The SMILES string of the molecule is CCc1cccc(C)c1NC(=O)[C@@H](C)N(c1cc([N+](=O)[O-])ccc1C)S(C)(=O)=O. The van der Waals surface area contributed by atoms with Gasteiger partial charge in [0.05, 0.1) is 16.9 Å². The quantitative estimate of drug-likeness (QED) is 0.545. The van der Waals surface area contributed by atoms with Crippen molar-refractivity contribution in [3.05, 3.63) is 63.2 Å². The van der Waals surface area contributed by atoms with Crippen LogP contribution in [-0.4, -0.2) is 31.5 Å². The Hall–Kier alpha value is -2.94. The molecule has 8 nitrogen and oxygen atoms in total. The van der Waals surface area contributed by atoms with Crippen molar-refractivity contribution in [2.24, 2.45) is 0 Å². The Morgan fingerprint density at radius 3 is 2.41 bits per heavy atom. The molecule has 2 aromatic carbocycles. The van der Waals surface area contributed by atoms with Crippen LogP contribution in [0.5, 0.6) is 0 Å². The fourth-order valence-electron chi connectivity index (χ4n) is 3.16. The number of hydrogen-bond acceptors (Lipinski definition) is 5. The van der Waals surface area contributed by atoms with E-state index in [-0.39, 0.29) is 11.4 Å². The van der Waals surface area contributed by atoms with Crippen molar-refractivity contribution < 1.29 is 18.1 Å². The molecule has 1 amide bonds. The third-order valence-corrected chi connectivity index (χ3v) is 5.95. The second-order valence-electron chi connectivity index (χ2n) is 6.91. The maximum absolute atomic E-state index is 13.0. The number of rotatable bonds is 7. The molecule has 0 aliphatic carbocycles. The number of aryl methyl sites for hydroxylation is 3. The third-order valence-electron chi connectivity index (χ3n) is 4.72. The van der Waals surface area contributed by atoms with Crippen LogP contribution in [0.3, 0.4) is 0 Å². The zero-order chi connectivity index (χ0) is 21.9. The summed E-state index contributed by atoms with van der Waals surface area (Å²) >= 11 is 0. The first kappa shape index (κ1) is 22.4. The summed E-state index contributed by atoms with van der Waals surface area (Å²) in [5.74, 6) is -0.523. The lowest BCUT2D eigenvalue weighted by Crippen LogP contribution is -2.45. The highest BCUT2D eigenvalue weighted by atomic mass is 32.2. The Kier molecular flexibility index (Phi) is 6.63. The summed E-state index contributed by atoms with van der Waals surface area (Å²) in [4.78, 5) is 23.5. The minimum Gasteiger partial charge on any atom is -0.324 e. The fourth-order valence-corrected chi connectivity index (χ4v) is 4.38. The van der Waals surface area contributed by atoms with Gasteiger partial charge in [-0.25, -0.2) is 8.42 Å². The topological polar surface area (TPSA) is 110 Å². The molecule has 2 rings (SSSR count). The van der Waals surface area contributed by atoms with Crippen molar-refractivity contribution in [3.63, 3.8) is 0 Å². The van der Waals surface area contributed by atoms with E-state index in [4.69, 9.17) is 0 Å². The minimum absolute atomic E-state index is 0.102. The van der Waals surface area contributed by atoms with Gasteiger partial charge in [-0.15, -0.1) is 0 Å². The van der Waals surface area contributed by atoms with Crippen molar-refractivity contribution in [2.75, 3.05) is 15.9 Å². The number of nitrogens with one attached hydrogen (secondary N) is 1. The maximum atomic E-state index is 13.0. The van der Waals surface area contributed by atoms with E-state index in [1.165, 1.54) is 25.1 Å². The lowest BCUT2D eigenvalue weighted by molar-refractivity contribution is -0.384. The van der Waals surface area contributed by atoms with E-state index in [1.54, 1.807) is 6.92 Å². The highest BCUT2D eigenvalue weighted by Gasteiger charge is 2.31. The van der Waals surface area contributed by atoms with Crippen molar-refractivity contribution in [1.82, 2.24) is 0 Å². The predicted molar refractivity (Wildman–Crippen MR) is 114 cm³/mol. The van der Waals surface area contributed by atoms with Crippen LogP contribution in [0.4, 0.5) is 17.1 Å². The third kappa shape index (κ3) is 4.92. The van der Waals surface area contributed by atoms with Crippen molar-refractivity contribution in [2.45, 2.75) is 40.2 Å². The number of carbonyl (C=O) groups is 1. The van der Waals surface area contributed by atoms with Crippen LogP contribution in [0, 0.1) is 24.0 Å². The summed E-state index contributed by atoms with van der Waals surface area (Å²) in [7, 11) is -3.90. The average Bonchev–Trinajstić information content (AvgIpc) is 2.63. The molecule has 1 N–H and O–H groups in total. The van der Waals surface area contributed by atoms with E-state index in [0.29, 0.717) is 17.7 Å². The number of nitro benzene ring substituents is 1. The van der Waals surface area contributed by atoms with Gasteiger partial charge in [0.15, 0.2) is 0 Å². The second-order valence-corrected chi connectivity index (χ2v) is 8.77. The summed E-state index contributed by atoms with van der Waals surface area (Å²) in [6.45, 7) is 6.92. The molecule has 0 radical (unpaired) electrons. The van der Waals surface area contributed by atoms with Gasteiger partial charge in [0, 0.05) is 17.8 Å². The highest BCUT2D eigenvalue weighted by Crippen LogP contribution is 2.30. The van der Waals surface area contributed by atoms with Crippen LogP contribution < -0.4 is 9.62 Å². The predicted octanol–water partition coefficient (Wildman–Crippen LogP) is 3.57. The highest BCUT2D eigenvalue weighted by molar-refractivity contribution is 7.92. The molecule has 2 aromatic rings. The first-order valence-electron chi connectivity index (χ1n) is 9.11. The van der Waals surface area contributed by atoms with Crippen LogP contribution in [0.25, 0.3) is 0 Å². The van der Waals surface area contributed by atoms with Crippen LogP contribution in [0.15, 0.2) is 36.4 Å². The van der Waals surface area contributed by atoms with E-state index in [2.05, 4.69) is 5.32 Å². The van der Waals surface area contributed by atoms with E-state index >= 15 is 0 Å². The molecule has 0 aliphatic heterocycles. The van der Waals surface area contributed by atoms with Crippen LogP contribution in [0.2, 0.25) is 0 Å². The first-order valence-corrected chi connectivity index (χ1v) is 11.0. The molecule has 9 heteroatoms. The van der Waals surface area contributed by atoms with Gasteiger partial charge in [0.2, 0.25) is 15.9 Å². The molecular formula is C20H25N3O5S. The molecule has 0 aromatic heterocycles. The van der Waals surface area contributed by atoms with E-state index < -0.39 is 26.9 Å². The normalized spacial score (nSPS) is 12.3. The molecule has 156 valence electrons. The van der Waals surface area contributed by atoms with Gasteiger partial charge in [-0.3, -0.25) is 19.2 Å². The molecule has 0 aliphatic rings. The number of anilines is 2. The van der Waals surface area contributed by atoms with Gasteiger partial charge in [-0.1, -0.05) is 31.2 Å². The largest absolute Gasteiger partial charge is 0.324 e. The van der Waals surface area contributed by atoms with Crippen LogP contribution in [0.1, 0.15) is 30.5 Å². The average molecular weight is 420 g/mol. The number of nitrogens with zero attached hydrogens (tertiary/aromatic N) is 2. The van der Waals surface area contributed by atoms with E-state index in [0.717, 1.165) is 21.7 Å². The number of non-ortho nitro benzene ring substituents is 1. The molecule has 0 heterocycles. The number of sulfonamides is 1.